The van der Waals surface area contributed by atoms with Crippen molar-refractivity contribution in [3.63, 3.8) is 0 Å². The Labute approximate surface area is 63.2 Å². The molecule has 0 N–H and O–H groups in total. The highest BCUT2D eigenvalue weighted by atomic mass is 19.1. The molecule has 2 atom stereocenters. The van der Waals surface area contributed by atoms with E-state index in [0.29, 0.717) is 12.6 Å². The molecule has 0 aromatic carbocycles. The maximum Gasteiger partial charge on any atom is 0.114 e. The van der Waals surface area contributed by atoms with E-state index < -0.39 is 6.17 Å². The Kier molecular flexibility index (Phi) is 4.62. The van der Waals surface area contributed by atoms with E-state index in [1.165, 1.54) is 0 Å². The van der Waals surface area contributed by atoms with Gasteiger partial charge in [-0.25, -0.2) is 4.39 Å². The van der Waals surface area contributed by atoms with Crippen LogP contribution in [-0.2, 0) is 0 Å². The number of alkyl halides is 1. The highest BCUT2D eigenvalue weighted by molar-refractivity contribution is 4.79. The second-order valence-corrected chi connectivity index (χ2v) is 2.62. The van der Waals surface area contributed by atoms with Gasteiger partial charge in [0.15, 0.2) is 0 Å². The van der Waals surface area contributed by atoms with Crippen LogP contribution in [0.25, 0.3) is 0 Å². The van der Waals surface area contributed by atoms with E-state index in [1.807, 2.05) is 25.8 Å². The van der Waals surface area contributed by atoms with Gasteiger partial charge in [-0.2, -0.15) is 0 Å². The summed E-state index contributed by atoms with van der Waals surface area (Å²) in [5.41, 5.74) is 0. The van der Waals surface area contributed by atoms with Crippen LogP contribution in [0.1, 0.15) is 27.2 Å². The quantitative estimate of drug-likeness (QED) is 0.507. The topological polar surface area (TPSA) is 3.24 Å². The molecule has 0 radical (unpaired) electrons. The Morgan fingerprint density at radius 1 is 1.40 bits per heavy atom. The fourth-order valence-corrected chi connectivity index (χ4v) is 1.12. The molecule has 1 aliphatic heterocycles. The molecule has 0 saturated carbocycles. The van der Waals surface area contributed by atoms with Crippen LogP contribution in [0.4, 0.5) is 4.39 Å². The van der Waals surface area contributed by atoms with E-state index in [-0.39, 0.29) is 0 Å². The minimum atomic E-state index is -0.574. The largest absolute Gasteiger partial charge is 0.301 e. The first-order valence-electron chi connectivity index (χ1n) is 4.04. The van der Waals surface area contributed by atoms with Gasteiger partial charge < -0.3 is 4.90 Å². The molecular weight excluding hydrogens is 129 g/mol. The predicted molar refractivity (Wildman–Crippen MR) is 43.0 cm³/mol. The van der Waals surface area contributed by atoms with Crippen molar-refractivity contribution in [2.45, 2.75) is 39.4 Å². The molecule has 0 aromatic rings. The first-order chi connectivity index (χ1) is 4.70. The summed E-state index contributed by atoms with van der Waals surface area (Å²) < 4.78 is 12.4. The van der Waals surface area contributed by atoms with Gasteiger partial charge in [0, 0.05) is 12.6 Å². The van der Waals surface area contributed by atoms with E-state index in [2.05, 4.69) is 6.92 Å². The molecule has 0 aromatic heterocycles. The maximum absolute atomic E-state index is 12.4. The molecule has 0 bridgehead atoms. The lowest BCUT2D eigenvalue weighted by atomic mass is 10.2. The SMILES string of the molecule is CC.C[C@@H]1C[C@@H](F)CN1C. The van der Waals surface area contributed by atoms with E-state index in [1.54, 1.807) is 0 Å². The van der Waals surface area contributed by atoms with E-state index in [0.717, 1.165) is 6.42 Å². The Morgan fingerprint density at radius 3 is 2.00 bits per heavy atom. The molecule has 0 spiro atoms. The van der Waals surface area contributed by atoms with Crippen LogP contribution in [0.15, 0.2) is 0 Å². The third kappa shape index (κ3) is 2.65. The lowest BCUT2D eigenvalue weighted by Gasteiger charge is -2.11. The maximum atomic E-state index is 12.4. The molecule has 1 nitrogen and oxygen atoms in total. The Balaban J connectivity index is 0.000000371. The molecule has 0 unspecified atom stereocenters. The minimum Gasteiger partial charge on any atom is -0.301 e. The van der Waals surface area contributed by atoms with E-state index in [9.17, 15) is 4.39 Å². The average Bonchev–Trinajstić information content (AvgIpc) is 2.16. The summed E-state index contributed by atoms with van der Waals surface area (Å²) in [6.45, 7) is 6.68. The van der Waals surface area contributed by atoms with Crippen LogP contribution in [0, 0.1) is 0 Å². The zero-order valence-corrected chi connectivity index (χ0v) is 7.39. The van der Waals surface area contributed by atoms with Gasteiger partial charge in [-0.1, -0.05) is 13.8 Å². The molecule has 1 aliphatic rings. The van der Waals surface area contributed by atoms with Crippen molar-refractivity contribution in [3.8, 4) is 0 Å². The molecular formula is C8H18FN. The molecule has 10 heavy (non-hydrogen) atoms. The summed E-state index contributed by atoms with van der Waals surface area (Å²) in [4.78, 5) is 2.05. The second kappa shape index (κ2) is 4.67. The van der Waals surface area contributed by atoms with Crippen molar-refractivity contribution in [2.24, 2.45) is 0 Å². The standard InChI is InChI=1S/C6H12FN.C2H6/c1-5-3-6(7)4-8(5)2;1-2/h5-6H,3-4H2,1-2H3;1-2H3/t5-,6-;/m1./s1. The van der Waals surface area contributed by atoms with Gasteiger partial charge >= 0.3 is 0 Å². The number of rotatable bonds is 0. The number of halogens is 1. The van der Waals surface area contributed by atoms with Crippen molar-refractivity contribution >= 4 is 0 Å². The van der Waals surface area contributed by atoms with Crippen molar-refractivity contribution in [1.29, 1.82) is 0 Å². The van der Waals surface area contributed by atoms with Crippen LogP contribution in [-0.4, -0.2) is 30.7 Å². The number of nitrogens with zero attached hydrogens (tertiary/aromatic N) is 1. The molecule has 1 rings (SSSR count). The number of hydrogen-bond acceptors (Lipinski definition) is 1. The highest BCUT2D eigenvalue weighted by Gasteiger charge is 2.24. The van der Waals surface area contributed by atoms with Crippen LogP contribution >= 0.6 is 0 Å². The zero-order chi connectivity index (χ0) is 8.15. The Bertz CT molecular complexity index is 75.3. The zero-order valence-electron chi connectivity index (χ0n) is 7.39. The lowest BCUT2D eigenvalue weighted by Crippen LogP contribution is -2.21. The fourth-order valence-electron chi connectivity index (χ4n) is 1.12. The minimum absolute atomic E-state index is 0.449. The second-order valence-electron chi connectivity index (χ2n) is 2.62. The smallest absolute Gasteiger partial charge is 0.114 e. The molecule has 1 saturated heterocycles. The van der Waals surface area contributed by atoms with Crippen LogP contribution < -0.4 is 0 Å². The normalized spacial score (nSPS) is 33.3. The molecule has 1 heterocycles. The van der Waals surface area contributed by atoms with Gasteiger partial charge in [0.05, 0.1) is 0 Å². The summed E-state index contributed by atoms with van der Waals surface area (Å²) in [6.07, 6.45) is 0.145. The van der Waals surface area contributed by atoms with Gasteiger partial charge in [0.2, 0.25) is 0 Å². The van der Waals surface area contributed by atoms with E-state index >= 15 is 0 Å². The van der Waals surface area contributed by atoms with Crippen LogP contribution in [0.2, 0.25) is 0 Å². The summed E-state index contributed by atoms with van der Waals surface area (Å²) in [5.74, 6) is 0. The lowest BCUT2D eigenvalue weighted by molar-refractivity contribution is 0.303. The van der Waals surface area contributed by atoms with Crippen LogP contribution in [0.3, 0.4) is 0 Å². The molecule has 1 fully saturated rings. The Morgan fingerprint density at radius 2 is 1.90 bits per heavy atom. The third-order valence-corrected chi connectivity index (χ3v) is 1.84. The van der Waals surface area contributed by atoms with Crippen LogP contribution in [0.5, 0.6) is 0 Å². The molecule has 62 valence electrons. The van der Waals surface area contributed by atoms with Gasteiger partial charge in [0.1, 0.15) is 6.17 Å². The van der Waals surface area contributed by atoms with Crippen molar-refractivity contribution in [1.82, 2.24) is 4.90 Å². The van der Waals surface area contributed by atoms with E-state index in [4.69, 9.17) is 0 Å². The predicted octanol–water partition coefficient (Wildman–Crippen LogP) is 2.07. The highest BCUT2D eigenvalue weighted by Crippen LogP contribution is 2.16. The first kappa shape index (κ1) is 9.89. The Hall–Kier alpha value is -0.110. The van der Waals surface area contributed by atoms with Gasteiger partial charge in [0.25, 0.3) is 0 Å². The summed E-state index contributed by atoms with van der Waals surface area (Å²) >= 11 is 0. The number of likely N-dealkylation sites (tertiary alicyclic amines) is 1. The summed E-state index contributed by atoms with van der Waals surface area (Å²) in [7, 11) is 1.96. The van der Waals surface area contributed by atoms with Gasteiger partial charge in [-0.05, 0) is 20.4 Å². The van der Waals surface area contributed by atoms with Crippen molar-refractivity contribution < 1.29 is 4.39 Å². The molecule has 0 aliphatic carbocycles. The fraction of sp³-hybridized carbons (Fsp3) is 1.00. The third-order valence-electron chi connectivity index (χ3n) is 1.84. The van der Waals surface area contributed by atoms with Crippen molar-refractivity contribution in [2.75, 3.05) is 13.6 Å². The van der Waals surface area contributed by atoms with Crippen molar-refractivity contribution in [3.05, 3.63) is 0 Å². The average molecular weight is 147 g/mol. The summed E-state index contributed by atoms with van der Waals surface area (Å²) in [6, 6.07) is 0.449. The molecule has 2 heteroatoms. The summed E-state index contributed by atoms with van der Waals surface area (Å²) in [5, 5.41) is 0. The van der Waals surface area contributed by atoms with Gasteiger partial charge in [-0.15, -0.1) is 0 Å². The first-order valence-corrected chi connectivity index (χ1v) is 4.04. The number of hydrogen-bond donors (Lipinski definition) is 0. The monoisotopic (exact) mass is 147 g/mol. The van der Waals surface area contributed by atoms with Gasteiger partial charge in [-0.3, -0.25) is 0 Å². The molecule has 0 amide bonds.